The van der Waals surface area contributed by atoms with Crippen molar-refractivity contribution in [1.82, 2.24) is 0 Å². The van der Waals surface area contributed by atoms with E-state index in [4.69, 9.17) is 0 Å². The highest BCUT2D eigenvalue weighted by molar-refractivity contribution is 6.34. The summed E-state index contributed by atoms with van der Waals surface area (Å²) in [6.45, 7) is 2.02. The summed E-state index contributed by atoms with van der Waals surface area (Å²) < 4.78 is 0. The predicted octanol–water partition coefficient (Wildman–Crippen LogP) is 4.37. The zero-order valence-electron chi connectivity index (χ0n) is 16.0. The molecule has 0 aliphatic carbocycles. The summed E-state index contributed by atoms with van der Waals surface area (Å²) in [5.41, 5.74) is 4.05. The maximum Gasteiger partial charge on any atom is 0.266 e. The van der Waals surface area contributed by atoms with E-state index >= 15 is 0 Å². The summed E-state index contributed by atoms with van der Waals surface area (Å²) in [4.78, 5) is 38.8. The van der Waals surface area contributed by atoms with Crippen LogP contribution in [0.5, 0.6) is 0 Å². The normalized spacial score (nSPS) is 12.8. The Morgan fingerprint density at radius 3 is 2.24 bits per heavy atom. The zero-order chi connectivity index (χ0) is 20.4. The van der Waals surface area contributed by atoms with Gasteiger partial charge in [-0.1, -0.05) is 48.0 Å². The van der Waals surface area contributed by atoms with Crippen LogP contribution in [0.15, 0.2) is 72.8 Å². The third-order valence-corrected chi connectivity index (χ3v) is 4.91. The molecular formula is C24H20N2O3. The van der Waals surface area contributed by atoms with Gasteiger partial charge in [0.25, 0.3) is 11.8 Å². The third-order valence-electron chi connectivity index (χ3n) is 4.91. The Balaban J connectivity index is 1.46. The minimum Gasteiger partial charge on any atom is -0.326 e. The quantitative estimate of drug-likeness (QED) is 0.665. The Kier molecular flexibility index (Phi) is 4.96. The number of fused-ring (bicyclic) bond motifs is 1. The van der Waals surface area contributed by atoms with Crippen LogP contribution in [0.2, 0.25) is 0 Å². The average Bonchev–Trinajstić information content (AvgIpc) is 2.97. The van der Waals surface area contributed by atoms with Crippen molar-refractivity contribution in [1.29, 1.82) is 0 Å². The molecule has 0 atom stereocenters. The molecule has 4 rings (SSSR count). The first-order valence-corrected chi connectivity index (χ1v) is 9.46. The molecule has 0 spiro atoms. The summed E-state index contributed by atoms with van der Waals surface area (Å²) in [6.07, 6.45) is 0.992. The molecule has 0 bridgehead atoms. The first-order valence-electron chi connectivity index (χ1n) is 9.46. The van der Waals surface area contributed by atoms with Crippen LogP contribution in [0.4, 0.5) is 11.4 Å². The molecule has 1 heterocycles. The fourth-order valence-electron chi connectivity index (χ4n) is 3.50. The molecule has 1 N–H and O–H groups in total. The van der Waals surface area contributed by atoms with Crippen LogP contribution in [0.3, 0.4) is 0 Å². The van der Waals surface area contributed by atoms with Gasteiger partial charge >= 0.3 is 0 Å². The van der Waals surface area contributed by atoms with Crippen molar-refractivity contribution >= 4 is 29.1 Å². The Morgan fingerprint density at radius 1 is 0.862 bits per heavy atom. The number of amides is 3. The van der Waals surface area contributed by atoms with Gasteiger partial charge in [0.05, 0.1) is 16.8 Å². The molecule has 3 amide bonds. The third kappa shape index (κ3) is 3.80. The number of benzene rings is 3. The molecule has 0 saturated carbocycles. The lowest BCUT2D eigenvalue weighted by Gasteiger charge is -2.15. The van der Waals surface area contributed by atoms with Crippen molar-refractivity contribution in [2.75, 3.05) is 10.2 Å². The summed E-state index contributed by atoms with van der Waals surface area (Å²) >= 11 is 0. The number of nitrogens with zero attached hydrogens (tertiary/aromatic N) is 1. The number of hydrogen-bond acceptors (Lipinski definition) is 3. The molecule has 29 heavy (non-hydrogen) atoms. The van der Waals surface area contributed by atoms with Crippen molar-refractivity contribution in [2.24, 2.45) is 0 Å². The van der Waals surface area contributed by atoms with E-state index in [1.807, 2.05) is 25.1 Å². The van der Waals surface area contributed by atoms with Crippen LogP contribution < -0.4 is 10.2 Å². The molecule has 0 radical (unpaired) electrons. The standard InChI is InChI=1S/C24H20N2O3/c1-16-6-4-7-17(14-16)12-13-22(27)25-18-8-5-9-19(15-18)26-23(28)20-10-2-3-11-21(20)24(26)29/h2-11,14-15H,12-13H2,1H3,(H,25,27). The second-order valence-electron chi connectivity index (χ2n) is 7.08. The molecular weight excluding hydrogens is 364 g/mol. The number of aryl methyl sites for hydroxylation is 2. The highest BCUT2D eigenvalue weighted by Crippen LogP contribution is 2.29. The molecule has 3 aromatic carbocycles. The number of hydrogen-bond donors (Lipinski definition) is 1. The number of carbonyl (C=O) groups is 3. The highest BCUT2D eigenvalue weighted by atomic mass is 16.2. The van der Waals surface area contributed by atoms with Gasteiger partial charge in [-0.05, 0) is 49.2 Å². The molecule has 0 unspecified atom stereocenters. The minimum atomic E-state index is -0.353. The van der Waals surface area contributed by atoms with Crippen molar-refractivity contribution in [3.8, 4) is 0 Å². The van der Waals surface area contributed by atoms with E-state index in [-0.39, 0.29) is 17.7 Å². The SMILES string of the molecule is Cc1cccc(CCC(=O)Nc2cccc(N3C(=O)c4ccccc4C3=O)c2)c1. The van der Waals surface area contributed by atoms with Gasteiger partial charge in [-0.3, -0.25) is 14.4 Å². The summed E-state index contributed by atoms with van der Waals surface area (Å²) in [6, 6.07) is 21.6. The molecule has 144 valence electrons. The van der Waals surface area contributed by atoms with Gasteiger partial charge in [-0.25, -0.2) is 4.90 Å². The topological polar surface area (TPSA) is 66.5 Å². The largest absolute Gasteiger partial charge is 0.326 e. The molecule has 0 aromatic heterocycles. The van der Waals surface area contributed by atoms with Crippen LogP contribution in [-0.2, 0) is 11.2 Å². The van der Waals surface area contributed by atoms with Crippen LogP contribution in [0, 0.1) is 6.92 Å². The van der Waals surface area contributed by atoms with E-state index in [2.05, 4.69) is 11.4 Å². The van der Waals surface area contributed by atoms with Gasteiger partial charge in [0.15, 0.2) is 0 Å². The lowest BCUT2D eigenvalue weighted by molar-refractivity contribution is -0.116. The van der Waals surface area contributed by atoms with E-state index in [1.54, 1.807) is 48.5 Å². The average molecular weight is 384 g/mol. The Labute approximate surface area is 169 Å². The van der Waals surface area contributed by atoms with Crippen LogP contribution >= 0.6 is 0 Å². The van der Waals surface area contributed by atoms with E-state index in [0.29, 0.717) is 35.3 Å². The fourth-order valence-corrected chi connectivity index (χ4v) is 3.50. The maximum atomic E-state index is 12.6. The molecule has 1 aliphatic rings. The van der Waals surface area contributed by atoms with Gasteiger partial charge in [0.2, 0.25) is 5.91 Å². The Bertz CT molecular complexity index is 1090. The van der Waals surface area contributed by atoms with E-state index < -0.39 is 0 Å². The Morgan fingerprint density at radius 2 is 1.55 bits per heavy atom. The number of rotatable bonds is 5. The van der Waals surface area contributed by atoms with Crippen molar-refractivity contribution < 1.29 is 14.4 Å². The first kappa shape index (κ1) is 18.6. The second kappa shape index (κ2) is 7.72. The predicted molar refractivity (Wildman–Crippen MR) is 112 cm³/mol. The van der Waals surface area contributed by atoms with Crippen molar-refractivity contribution in [3.63, 3.8) is 0 Å². The molecule has 5 nitrogen and oxygen atoms in total. The smallest absolute Gasteiger partial charge is 0.266 e. The fraction of sp³-hybridized carbons (Fsp3) is 0.125. The minimum absolute atomic E-state index is 0.119. The number of nitrogens with one attached hydrogen (secondary N) is 1. The lowest BCUT2D eigenvalue weighted by atomic mass is 10.1. The number of carbonyl (C=O) groups excluding carboxylic acids is 3. The van der Waals surface area contributed by atoms with E-state index in [0.717, 1.165) is 16.0 Å². The van der Waals surface area contributed by atoms with E-state index in [9.17, 15) is 14.4 Å². The van der Waals surface area contributed by atoms with Gasteiger partial charge in [-0.15, -0.1) is 0 Å². The van der Waals surface area contributed by atoms with E-state index in [1.165, 1.54) is 0 Å². The second-order valence-corrected chi connectivity index (χ2v) is 7.08. The number of anilines is 2. The Hall–Kier alpha value is -3.73. The van der Waals surface area contributed by atoms with Gasteiger partial charge < -0.3 is 5.32 Å². The molecule has 5 heteroatoms. The summed E-state index contributed by atoms with van der Waals surface area (Å²) in [5.74, 6) is -0.826. The lowest BCUT2D eigenvalue weighted by Crippen LogP contribution is -2.29. The monoisotopic (exact) mass is 384 g/mol. The molecule has 0 saturated heterocycles. The molecule has 0 fully saturated rings. The zero-order valence-corrected chi connectivity index (χ0v) is 16.0. The van der Waals surface area contributed by atoms with Crippen LogP contribution in [0.1, 0.15) is 38.3 Å². The first-order chi connectivity index (χ1) is 14.0. The summed E-state index contributed by atoms with van der Waals surface area (Å²) in [5, 5.41) is 2.85. The maximum absolute atomic E-state index is 12.6. The van der Waals surface area contributed by atoms with Crippen molar-refractivity contribution in [2.45, 2.75) is 19.8 Å². The molecule has 1 aliphatic heterocycles. The van der Waals surface area contributed by atoms with Crippen LogP contribution in [0.25, 0.3) is 0 Å². The van der Waals surface area contributed by atoms with Gasteiger partial charge in [0.1, 0.15) is 0 Å². The van der Waals surface area contributed by atoms with Crippen molar-refractivity contribution in [3.05, 3.63) is 95.1 Å². The van der Waals surface area contributed by atoms with Crippen LogP contribution in [-0.4, -0.2) is 17.7 Å². The highest BCUT2D eigenvalue weighted by Gasteiger charge is 2.36. The van der Waals surface area contributed by atoms with Gasteiger partial charge in [0, 0.05) is 12.1 Å². The van der Waals surface area contributed by atoms with Gasteiger partial charge in [-0.2, -0.15) is 0 Å². The number of imide groups is 1. The molecule has 3 aromatic rings. The summed E-state index contributed by atoms with van der Waals surface area (Å²) in [7, 11) is 0.